The van der Waals surface area contributed by atoms with Crippen molar-refractivity contribution in [3.05, 3.63) is 70.8 Å². The average Bonchev–Trinajstić information content (AvgIpc) is 2.37. The average molecular weight is 251 g/mol. The molecule has 0 atom stereocenters. The van der Waals surface area contributed by atoms with E-state index in [0.717, 1.165) is 27.9 Å². The van der Waals surface area contributed by atoms with Crippen LogP contribution in [0.2, 0.25) is 0 Å². The van der Waals surface area contributed by atoms with Crippen LogP contribution in [0.25, 0.3) is 6.08 Å². The normalized spacial score (nSPS) is 10.8. The van der Waals surface area contributed by atoms with Crippen molar-refractivity contribution in [2.45, 2.75) is 13.8 Å². The van der Waals surface area contributed by atoms with Gasteiger partial charge < -0.3 is 5.73 Å². The van der Waals surface area contributed by atoms with Gasteiger partial charge in [-0.05, 0) is 43.2 Å². The molecule has 96 valence electrons. The van der Waals surface area contributed by atoms with Crippen molar-refractivity contribution in [2.24, 2.45) is 0 Å². The number of nitrogens with two attached hydrogens (primary N) is 1. The smallest absolute Gasteiger partial charge is 0.186 e. The van der Waals surface area contributed by atoms with E-state index in [1.807, 2.05) is 56.3 Å². The van der Waals surface area contributed by atoms with Crippen LogP contribution in [0.5, 0.6) is 0 Å². The van der Waals surface area contributed by atoms with Gasteiger partial charge in [0.05, 0.1) is 0 Å². The lowest BCUT2D eigenvalue weighted by atomic mass is 10.0. The molecule has 19 heavy (non-hydrogen) atoms. The highest BCUT2D eigenvalue weighted by Crippen LogP contribution is 2.13. The molecule has 0 aliphatic rings. The molecule has 0 saturated carbocycles. The van der Waals surface area contributed by atoms with Crippen LogP contribution in [-0.2, 0) is 0 Å². The summed E-state index contributed by atoms with van der Waals surface area (Å²) in [5, 5.41) is 0. The Labute approximate surface area is 113 Å². The summed E-state index contributed by atoms with van der Waals surface area (Å²) in [6, 6.07) is 13.3. The third kappa shape index (κ3) is 3.32. The number of rotatable bonds is 3. The van der Waals surface area contributed by atoms with Crippen LogP contribution in [0.15, 0.2) is 48.5 Å². The summed E-state index contributed by atoms with van der Waals surface area (Å²) in [5.41, 5.74) is 10.2. The summed E-state index contributed by atoms with van der Waals surface area (Å²) in [7, 11) is 0. The van der Waals surface area contributed by atoms with Gasteiger partial charge in [-0.2, -0.15) is 0 Å². The summed E-state index contributed by atoms with van der Waals surface area (Å²) in [5.74, 6) is 0.0225. The number of benzene rings is 2. The van der Waals surface area contributed by atoms with Crippen LogP contribution < -0.4 is 5.73 Å². The monoisotopic (exact) mass is 251 g/mol. The molecule has 0 aliphatic heterocycles. The summed E-state index contributed by atoms with van der Waals surface area (Å²) in [4.78, 5) is 12.1. The quantitative estimate of drug-likeness (QED) is 0.512. The predicted molar refractivity (Wildman–Crippen MR) is 80.1 cm³/mol. The predicted octanol–water partition coefficient (Wildman–Crippen LogP) is 3.78. The molecule has 0 aromatic heterocycles. The molecule has 0 amide bonds. The molecule has 2 rings (SSSR count). The van der Waals surface area contributed by atoms with Crippen molar-refractivity contribution in [2.75, 3.05) is 5.73 Å². The molecule has 2 aromatic carbocycles. The van der Waals surface area contributed by atoms with E-state index < -0.39 is 0 Å². The molecule has 0 unspecified atom stereocenters. The molecular weight excluding hydrogens is 234 g/mol. The van der Waals surface area contributed by atoms with E-state index in [-0.39, 0.29) is 5.78 Å². The van der Waals surface area contributed by atoms with E-state index >= 15 is 0 Å². The van der Waals surface area contributed by atoms with E-state index in [1.54, 1.807) is 12.2 Å². The topological polar surface area (TPSA) is 43.1 Å². The van der Waals surface area contributed by atoms with Gasteiger partial charge in [-0.25, -0.2) is 0 Å². The number of allylic oxidation sites excluding steroid dienone is 1. The Morgan fingerprint density at radius 2 is 1.74 bits per heavy atom. The minimum Gasteiger partial charge on any atom is -0.399 e. The highest BCUT2D eigenvalue weighted by Gasteiger charge is 2.05. The Hall–Kier alpha value is -2.35. The van der Waals surface area contributed by atoms with Crippen LogP contribution >= 0.6 is 0 Å². The maximum Gasteiger partial charge on any atom is 0.186 e. The van der Waals surface area contributed by atoms with Crippen LogP contribution in [0.4, 0.5) is 5.69 Å². The van der Waals surface area contributed by atoms with Crippen molar-refractivity contribution in [3.63, 3.8) is 0 Å². The summed E-state index contributed by atoms with van der Waals surface area (Å²) in [6.07, 6.45) is 3.41. The van der Waals surface area contributed by atoms with Gasteiger partial charge in [-0.15, -0.1) is 0 Å². The van der Waals surface area contributed by atoms with Crippen molar-refractivity contribution >= 4 is 17.5 Å². The molecule has 0 heterocycles. The molecule has 2 aromatic rings. The maximum absolute atomic E-state index is 12.1. The Morgan fingerprint density at radius 3 is 2.37 bits per heavy atom. The molecule has 2 N–H and O–H groups in total. The summed E-state index contributed by atoms with van der Waals surface area (Å²) in [6.45, 7) is 3.97. The van der Waals surface area contributed by atoms with E-state index in [0.29, 0.717) is 0 Å². The molecular formula is C17H17NO. The summed E-state index contributed by atoms with van der Waals surface area (Å²) < 4.78 is 0. The van der Waals surface area contributed by atoms with Crippen molar-refractivity contribution in [1.82, 2.24) is 0 Å². The van der Waals surface area contributed by atoms with E-state index in [1.165, 1.54) is 0 Å². The SMILES string of the molecule is Cc1ccc(C(=O)/C=C/c2ccc(N)cc2)c(C)c1. The molecule has 0 aliphatic carbocycles. The number of anilines is 1. The zero-order valence-electron chi connectivity index (χ0n) is 11.2. The first-order valence-corrected chi connectivity index (χ1v) is 6.21. The van der Waals surface area contributed by atoms with Crippen LogP contribution in [-0.4, -0.2) is 5.78 Å². The van der Waals surface area contributed by atoms with Gasteiger partial charge >= 0.3 is 0 Å². The van der Waals surface area contributed by atoms with E-state index in [4.69, 9.17) is 5.73 Å². The minimum absolute atomic E-state index is 0.0225. The molecule has 2 heteroatoms. The Morgan fingerprint density at radius 1 is 1.05 bits per heavy atom. The number of hydrogen-bond donors (Lipinski definition) is 1. The van der Waals surface area contributed by atoms with Gasteiger partial charge in [0, 0.05) is 11.3 Å². The molecule has 0 saturated heterocycles. The fourth-order valence-corrected chi connectivity index (χ4v) is 1.96. The van der Waals surface area contributed by atoms with Gasteiger partial charge in [0.2, 0.25) is 0 Å². The van der Waals surface area contributed by atoms with Crippen LogP contribution in [0.1, 0.15) is 27.0 Å². The van der Waals surface area contributed by atoms with Crippen molar-refractivity contribution in [3.8, 4) is 0 Å². The van der Waals surface area contributed by atoms with Crippen LogP contribution in [0.3, 0.4) is 0 Å². The lowest BCUT2D eigenvalue weighted by Crippen LogP contribution is -1.98. The first-order chi connectivity index (χ1) is 9.06. The largest absolute Gasteiger partial charge is 0.399 e. The third-order valence-corrected chi connectivity index (χ3v) is 3.01. The minimum atomic E-state index is 0.0225. The molecule has 0 bridgehead atoms. The second-order valence-electron chi connectivity index (χ2n) is 4.68. The van der Waals surface area contributed by atoms with Crippen molar-refractivity contribution in [1.29, 1.82) is 0 Å². The van der Waals surface area contributed by atoms with Gasteiger partial charge in [0.1, 0.15) is 0 Å². The van der Waals surface area contributed by atoms with E-state index in [2.05, 4.69) is 0 Å². The van der Waals surface area contributed by atoms with Crippen molar-refractivity contribution < 1.29 is 4.79 Å². The lowest BCUT2D eigenvalue weighted by molar-refractivity contribution is 0.104. The fourth-order valence-electron chi connectivity index (χ4n) is 1.96. The zero-order valence-corrected chi connectivity index (χ0v) is 11.2. The number of carbonyl (C=O) groups is 1. The molecule has 0 spiro atoms. The fraction of sp³-hybridized carbons (Fsp3) is 0.118. The number of hydrogen-bond acceptors (Lipinski definition) is 2. The number of carbonyl (C=O) groups excluding carboxylic acids is 1. The standard InChI is InChI=1S/C17H17NO/c1-12-3-9-16(13(2)11-12)17(19)10-6-14-4-7-15(18)8-5-14/h3-11H,18H2,1-2H3/b10-6+. The number of nitrogen functional groups attached to an aromatic ring is 1. The highest BCUT2D eigenvalue weighted by atomic mass is 16.1. The third-order valence-electron chi connectivity index (χ3n) is 3.01. The first kappa shape index (κ1) is 13.1. The van der Waals surface area contributed by atoms with Gasteiger partial charge in [-0.3, -0.25) is 4.79 Å². The first-order valence-electron chi connectivity index (χ1n) is 6.21. The van der Waals surface area contributed by atoms with Gasteiger partial charge in [-0.1, -0.05) is 42.0 Å². The second kappa shape index (κ2) is 5.53. The lowest BCUT2D eigenvalue weighted by Gasteiger charge is -2.03. The number of aryl methyl sites for hydroxylation is 2. The summed E-state index contributed by atoms with van der Waals surface area (Å²) >= 11 is 0. The molecule has 0 radical (unpaired) electrons. The Kier molecular flexibility index (Phi) is 3.81. The van der Waals surface area contributed by atoms with Gasteiger partial charge in [0.15, 0.2) is 5.78 Å². The number of ketones is 1. The van der Waals surface area contributed by atoms with Gasteiger partial charge in [0.25, 0.3) is 0 Å². The zero-order chi connectivity index (χ0) is 13.8. The van der Waals surface area contributed by atoms with Crippen LogP contribution in [0, 0.1) is 13.8 Å². The Bertz CT molecular complexity index is 624. The second-order valence-corrected chi connectivity index (χ2v) is 4.68. The maximum atomic E-state index is 12.1. The molecule has 0 fully saturated rings. The Balaban J connectivity index is 2.18. The van der Waals surface area contributed by atoms with E-state index in [9.17, 15) is 4.79 Å². The molecule has 2 nitrogen and oxygen atoms in total. The highest BCUT2D eigenvalue weighted by molar-refractivity contribution is 6.07.